The fourth-order valence-corrected chi connectivity index (χ4v) is 6.51. The second-order valence-electron chi connectivity index (χ2n) is 16.3. The number of allylic oxidation sites excluding steroid dienone is 20. The van der Waals surface area contributed by atoms with Crippen LogP contribution in [0.1, 0.15) is 207 Å². The summed E-state index contributed by atoms with van der Waals surface area (Å²) in [5, 5.41) is 0. The van der Waals surface area contributed by atoms with E-state index in [4.69, 9.17) is 14.2 Å². The van der Waals surface area contributed by atoms with Crippen molar-refractivity contribution < 1.29 is 28.6 Å². The summed E-state index contributed by atoms with van der Waals surface area (Å²) in [6.45, 7) is 6.20. The van der Waals surface area contributed by atoms with E-state index in [1.807, 2.05) is 0 Å². The van der Waals surface area contributed by atoms with Crippen molar-refractivity contribution in [3.8, 4) is 0 Å². The van der Waals surface area contributed by atoms with E-state index in [1.165, 1.54) is 44.9 Å². The number of rotatable bonds is 44. The molecular formula is C58H92O6. The molecule has 0 rings (SSSR count). The molecule has 0 saturated carbocycles. The second kappa shape index (κ2) is 51.4. The number of carbonyl (C=O) groups excluding carboxylic acids is 3. The molecule has 0 aromatic heterocycles. The quantitative estimate of drug-likeness (QED) is 0.0199. The van der Waals surface area contributed by atoms with Gasteiger partial charge >= 0.3 is 17.9 Å². The van der Waals surface area contributed by atoms with Crippen LogP contribution in [-0.4, -0.2) is 37.2 Å². The third kappa shape index (κ3) is 48.8. The maximum Gasteiger partial charge on any atom is 0.306 e. The van der Waals surface area contributed by atoms with Gasteiger partial charge in [0.2, 0.25) is 0 Å². The maximum atomic E-state index is 12.8. The van der Waals surface area contributed by atoms with Crippen LogP contribution in [0.4, 0.5) is 0 Å². The zero-order valence-electron chi connectivity index (χ0n) is 41.0. The van der Waals surface area contributed by atoms with Gasteiger partial charge < -0.3 is 14.2 Å². The third-order valence-corrected chi connectivity index (χ3v) is 10.3. The average Bonchev–Trinajstić information content (AvgIpc) is 3.29. The summed E-state index contributed by atoms with van der Waals surface area (Å²) < 4.78 is 16.7. The summed E-state index contributed by atoms with van der Waals surface area (Å²) >= 11 is 0. The molecular weight excluding hydrogens is 793 g/mol. The highest BCUT2D eigenvalue weighted by molar-refractivity contribution is 5.71. The molecule has 6 heteroatoms. The summed E-state index contributed by atoms with van der Waals surface area (Å²) in [6.07, 6.45) is 70.4. The molecule has 0 aliphatic heterocycles. The molecule has 1 atom stereocenters. The van der Waals surface area contributed by atoms with E-state index in [1.54, 1.807) is 0 Å². The van der Waals surface area contributed by atoms with Gasteiger partial charge in [-0.05, 0) is 103 Å². The molecule has 0 fully saturated rings. The first kappa shape index (κ1) is 59.8. The van der Waals surface area contributed by atoms with E-state index in [9.17, 15) is 14.4 Å². The van der Waals surface area contributed by atoms with Crippen LogP contribution in [0.15, 0.2) is 122 Å². The molecule has 0 heterocycles. The molecule has 0 bridgehead atoms. The van der Waals surface area contributed by atoms with E-state index < -0.39 is 6.10 Å². The molecule has 64 heavy (non-hydrogen) atoms. The van der Waals surface area contributed by atoms with Gasteiger partial charge in [0.1, 0.15) is 13.2 Å². The molecule has 6 nitrogen and oxygen atoms in total. The highest BCUT2D eigenvalue weighted by atomic mass is 16.6. The number of unbranched alkanes of at least 4 members (excludes halogenated alkanes) is 15. The van der Waals surface area contributed by atoms with Gasteiger partial charge in [-0.15, -0.1) is 0 Å². The Kier molecular flexibility index (Phi) is 48.1. The predicted octanol–water partition coefficient (Wildman–Crippen LogP) is 16.9. The lowest BCUT2D eigenvalue weighted by molar-refractivity contribution is -0.167. The van der Waals surface area contributed by atoms with Gasteiger partial charge in [-0.25, -0.2) is 0 Å². The SMILES string of the molecule is CC\C=C/C=C\C=C/CCCCCCCCCC(=O)OC(COC(=O)CCC/C=C\C/C=C\C/C=C\C/C=C\C/C=C\CC)COC(=O)CCCCCCCCC/C=C\C/C=C\CC. The summed E-state index contributed by atoms with van der Waals surface area (Å²) in [6, 6.07) is 0. The van der Waals surface area contributed by atoms with Crippen molar-refractivity contribution in [2.24, 2.45) is 0 Å². The van der Waals surface area contributed by atoms with E-state index >= 15 is 0 Å². The number of carbonyl (C=O) groups is 3. The van der Waals surface area contributed by atoms with Crippen molar-refractivity contribution in [1.82, 2.24) is 0 Å². The molecule has 0 aromatic carbocycles. The minimum atomic E-state index is -0.814. The van der Waals surface area contributed by atoms with Gasteiger partial charge in [0.05, 0.1) is 0 Å². The smallest absolute Gasteiger partial charge is 0.306 e. The number of hydrogen-bond acceptors (Lipinski definition) is 6. The molecule has 1 unspecified atom stereocenters. The first-order chi connectivity index (χ1) is 31.5. The van der Waals surface area contributed by atoms with E-state index in [-0.39, 0.29) is 37.5 Å². The Balaban J connectivity index is 4.53. The predicted molar refractivity (Wildman–Crippen MR) is 274 cm³/mol. The number of ether oxygens (including phenoxy) is 3. The zero-order chi connectivity index (χ0) is 46.5. The van der Waals surface area contributed by atoms with Crippen LogP contribution in [0.25, 0.3) is 0 Å². The number of esters is 3. The van der Waals surface area contributed by atoms with Crippen LogP contribution in [0.5, 0.6) is 0 Å². The first-order valence-electron chi connectivity index (χ1n) is 25.6. The molecule has 0 spiro atoms. The number of hydrogen-bond donors (Lipinski definition) is 0. The molecule has 360 valence electrons. The van der Waals surface area contributed by atoms with Gasteiger partial charge in [-0.2, -0.15) is 0 Å². The molecule has 0 aliphatic carbocycles. The summed E-state index contributed by atoms with van der Waals surface area (Å²) in [5.74, 6) is -0.997. The summed E-state index contributed by atoms with van der Waals surface area (Å²) in [7, 11) is 0. The highest BCUT2D eigenvalue weighted by Crippen LogP contribution is 2.13. The molecule has 0 N–H and O–H groups in total. The monoisotopic (exact) mass is 885 g/mol. The lowest BCUT2D eigenvalue weighted by atomic mass is 10.1. The van der Waals surface area contributed by atoms with Crippen molar-refractivity contribution in [3.63, 3.8) is 0 Å². The first-order valence-corrected chi connectivity index (χ1v) is 25.6. The molecule has 0 amide bonds. The lowest BCUT2D eigenvalue weighted by Gasteiger charge is -2.18. The van der Waals surface area contributed by atoms with Gasteiger partial charge in [0.15, 0.2) is 6.10 Å². The normalized spacial score (nSPS) is 13.1. The fraction of sp³-hybridized carbons (Fsp3) is 0.603. The topological polar surface area (TPSA) is 78.9 Å². The molecule has 0 aromatic rings. The Morgan fingerprint density at radius 1 is 0.328 bits per heavy atom. The molecule has 0 aliphatic rings. The van der Waals surface area contributed by atoms with E-state index in [0.29, 0.717) is 19.3 Å². The summed E-state index contributed by atoms with van der Waals surface area (Å²) in [5.41, 5.74) is 0. The molecule has 0 radical (unpaired) electrons. The molecule has 0 saturated heterocycles. The summed E-state index contributed by atoms with van der Waals surface area (Å²) in [4.78, 5) is 38.0. The third-order valence-electron chi connectivity index (χ3n) is 10.3. The van der Waals surface area contributed by atoms with Gasteiger partial charge in [-0.1, -0.05) is 206 Å². The minimum Gasteiger partial charge on any atom is -0.462 e. The van der Waals surface area contributed by atoms with Gasteiger partial charge in [0.25, 0.3) is 0 Å². The van der Waals surface area contributed by atoms with Crippen LogP contribution in [-0.2, 0) is 28.6 Å². The van der Waals surface area contributed by atoms with Crippen LogP contribution in [0.3, 0.4) is 0 Å². The Morgan fingerprint density at radius 2 is 0.656 bits per heavy atom. The van der Waals surface area contributed by atoms with Crippen molar-refractivity contribution in [2.75, 3.05) is 13.2 Å². The lowest BCUT2D eigenvalue weighted by Crippen LogP contribution is -2.30. The van der Waals surface area contributed by atoms with Crippen molar-refractivity contribution in [1.29, 1.82) is 0 Å². The average molecular weight is 885 g/mol. The van der Waals surface area contributed by atoms with Crippen LogP contribution in [0.2, 0.25) is 0 Å². The van der Waals surface area contributed by atoms with Gasteiger partial charge in [0, 0.05) is 19.3 Å². The largest absolute Gasteiger partial charge is 0.462 e. The van der Waals surface area contributed by atoms with Crippen molar-refractivity contribution in [2.45, 2.75) is 213 Å². The van der Waals surface area contributed by atoms with Crippen LogP contribution in [0, 0.1) is 0 Å². The van der Waals surface area contributed by atoms with E-state index in [2.05, 4.69) is 142 Å². The Bertz CT molecular complexity index is 1390. The zero-order valence-corrected chi connectivity index (χ0v) is 41.0. The maximum absolute atomic E-state index is 12.8. The van der Waals surface area contributed by atoms with Gasteiger partial charge in [-0.3, -0.25) is 14.4 Å². The minimum absolute atomic E-state index is 0.109. The van der Waals surface area contributed by atoms with Crippen molar-refractivity contribution >= 4 is 17.9 Å². The highest BCUT2D eigenvalue weighted by Gasteiger charge is 2.19. The Morgan fingerprint density at radius 3 is 1.11 bits per heavy atom. The van der Waals surface area contributed by atoms with E-state index in [0.717, 1.165) is 116 Å². The standard InChI is InChI=1S/C58H92O6/c1-4-7-10-13-16-19-22-25-28-29-31-33-36-39-42-45-48-51-57(60)63-54-55(53-62-56(59)50-47-44-41-38-35-32-27-24-21-18-15-12-9-6-3)64-58(61)52-49-46-43-40-37-34-30-26-23-20-17-14-11-8-5-2/h7-12,14,16-21,23,25,28,31,33,39,42,55H,4-6,13,15,22,24,26-27,29-30,32,34-38,40-41,43-54H2,1-3H3/b10-7-,11-8-,12-9-,17-14-,19-16-,21-18-,23-20-,28-25-,33-31-,42-39-. The Labute approximate surface area is 392 Å². The van der Waals surface area contributed by atoms with Crippen LogP contribution < -0.4 is 0 Å². The fourth-order valence-electron chi connectivity index (χ4n) is 6.51. The van der Waals surface area contributed by atoms with Crippen LogP contribution >= 0.6 is 0 Å². The second-order valence-corrected chi connectivity index (χ2v) is 16.3. The van der Waals surface area contributed by atoms with Crippen molar-refractivity contribution in [3.05, 3.63) is 122 Å². The Hall–Kier alpha value is -4.19.